The first-order valence-electron chi connectivity index (χ1n) is 5.41. The molecular weight excluding hydrogens is 212 g/mol. The van der Waals surface area contributed by atoms with Crippen LogP contribution in [0.15, 0.2) is 42.7 Å². The molecular formula is C13H12N4. The van der Waals surface area contributed by atoms with Crippen LogP contribution in [0.4, 0.5) is 5.82 Å². The fourth-order valence-corrected chi connectivity index (χ4v) is 1.88. The van der Waals surface area contributed by atoms with Gasteiger partial charge in [0.1, 0.15) is 5.82 Å². The van der Waals surface area contributed by atoms with Crippen molar-refractivity contribution in [3.05, 3.63) is 48.3 Å². The van der Waals surface area contributed by atoms with Gasteiger partial charge < -0.3 is 5.73 Å². The van der Waals surface area contributed by atoms with Crippen LogP contribution in [-0.2, 0) is 0 Å². The molecule has 0 saturated carbocycles. The Morgan fingerprint density at radius 2 is 2.06 bits per heavy atom. The average molecular weight is 224 g/mol. The number of aromatic nitrogens is 3. The van der Waals surface area contributed by atoms with Crippen molar-refractivity contribution >= 4 is 16.7 Å². The van der Waals surface area contributed by atoms with Gasteiger partial charge in [-0.25, -0.2) is 4.68 Å². The highest BCUT2D eigenvalue weighted by Crippen LogP contribution is 2.21. The SMILES string of the molecule is Cc1cn(-c2cccc3ncccc23)nc1N. The first-order chi connectivity index (χ1) is 8.25. The number of fused-ring (bicyclic) bond motifs is 1. The number of nitrogens with two attached hydrogens (primary N) is 1. The fraction of sp³-hybridized carbons (Fsp3) is 0.0769. The van der Waals surface area contributed by atoms with Gasteiger partial charge in [-0.2, -0.15) is 5.10 Å². The van der Waals surface area contributed by atoms with Crippen LogP contribution in [0.3, 0.4) is 0 Å². The van der Waals surface area contributed by atoms with Crippen LogP contribution >= 0.6 is 0 Å². The van der Waals surface area contributed by atoms with Crippen LogP contribution in [0.1, 0.15) is 5.56 Å². The maximum absolute atomic E-state index is 5.77. The van der Waals surface area contributed by atoms with E-state index in [1.807, 2.05) is 43.5 Å². The molecule has 2 aromatic heterocycles. The molecule has 0 aliphatic carbocycles. The van der Waals surface area contributed by atoms with Gasteiger partial charge in [-0.15, -0.1) is 0 Å². The van der Waals surface area contributed by atoms with Crippen molar-refractivity contribution in [3.8, 4) is 5.69 Å². The number of aryl methyl sites for hydroxylation is 1. The van der Waals surface area contributed by atoms with E-state index >= 15 is 0 Å². The molecule has 2 N–H and O–H groups in total. The lowest BCUT2D eigenvalue weighted by atomic mass is 10.2. The molecule has 0 fully saturated rings. The summed E-state index contributed by atoms with van der Waals surface area (Å²) >= 11 is 0. The Balaban J connectivity index is 2.30. The second-order valence-electron chi connectivity index (χ2n) is 3.99. The van der Waals surface area contributed by atoms with Gasteiger partial charge >= 0.3 is 0 Å². The third kappa shape index (κ3) is 1.54. The van der Waals surface area contributed by atoms with Crippen molar-refractivity contribution < 1.29 is 0 Å². The third-order valence-electron chi connectivity index (χ3n) is 2.80. The molecule has 0 radical (unpaired) electrons. The smallest absolute Gasteiger partial charge is 0.148 e. The predicted octanol–water partition coefficient (Wildman–Crippen LogP) is 2.31. The van der Waals surface area contributed by atoms with Crippen LogP contribution in [0.5, 0.6) is 0 Å². The van der Waals surface area contributed by atoms with E-state index in [4.69, 9.17) is 5.73 Å². The lowest BCUT2D eigenvalue weighted by Crippen LogP contribution is -1.97. The molecule has 0 amide bonds. The molecule has 3 rings (SSSR count). The average Bonchev–Trinajstić information content (AvgIpc) is 2.69. The molecule has 0 saturated heterocycles. The van der Waals surface area contributed by atoms with Gasteiger partial charge in [0.25, 0.3) is 0 Å². The summed E-state index contributed by atoms with van der Waals surface area (Å²) in [4.78, 5) is 4.32. The number of nitrogens with zero attached hydrogens (tertiary/aromatic N) is 3. The Morgan fingerprint density at radius 1 is 1.18 bits per heavy atom. The highest BCUT2D eigenvalue weighted by atomic mass is 15.3. The van der Waals surface area contributed by atoms with Gasteiger partial charge in [-0.3, -0.25) is 4.98 Å². The third-order valence-corrected chi connectivity index (χ3v) is 2.80. The number of benzene rings is 1. The molecule has 4 heteroatoms. The van der Waals surface area contributed by atoms with Crippen LogP contribution in [0.25, 0.3) is 16.6 Å². The van der Waals surface area contributed by atoms with Gasteiger partial charge in [0.05, 0.1) is 11.2 Å². The zero-order valence-electron chi connectivity index (χ0n) is 9.46. The molecule has 84 valence electrons. The van der Waals surface area contributed by atoms with Gasteiger partial charge in [0.15, 0.2) is 0 Å². The van der Waals surface area contributed by atoms with E-state index in [0.29, 0.717) is 5.82 Å². The van der Waals surface area contributed by atoms with E-state index in [9.17, 15) is 0 Å². The van der Waals surface area contributed by atoms with Crippen molar-refractivity contribution in [1.82, 2.24) is 14.8 Å². The van der Waals surface area contributed by atoms with E-state index in [0.717, 1.165) is 22.2 Å². The molecule has 0 bridgehead atoms. The Morgan fingerprint density at radius 3 is 2.82 bits per heavy atom. The Kier molecular flexibility index (Phi) is 2.08. The molecule has 1 aromatic carbocycles. The topological polar surface area (TPSA) is 56.7 Å². The van der Waals surface area contributed by atoms with Crippen molar-refractivity contribution in [2.75, 3.05) is 5.73 Å². The minimum absolute atomic E-state index is 0.561. The summed E-state index contributed by atoms with van der Waals surface area (Å²) in [5.74, 6) is 0.561. The molecule has 4 nitrogen and oxygen atoms in total. The first kappa shape index (κ1) is 9.84. The molecule has 0 aliphatic heterocycles. The quantitative estimate of drug-likeness (QED) is 0.690. The Bertz CT molecular complexity index is 660. The fourth-order valence-electron chi connectivity index (χ4n) is 1.88. The predicted molar refractivity (Wildman–Crippen MR) is 68.0 cm³/mol. The van der Waals surface area contributed by atoms with Gasteiger partial charge in [0.2, 0.25) is 0 Å². The molecule has 17 heavy (non-hydrogen) atoms. The minimum Gasteiger partial charge on any atom is -0.382 e. The Labute approximate surface area is 98.7 Å². The van der Waals surface area contributed by atoms with Crippen LogP contribution in [0.2, 0.25) is 0 Å². The molecule has 2 heterocycles. The van der Waals surface area contributed by atoms with E-state index in [-0.39, 0.29) is 0 Å². The van der Waals surface area contributed by atoms with E-state index in [2.05, 4.69) is 10.1 Å². The lowest BCUT2D eigenvalue weighted by Gasteiger charge is -2.05. The number of nitrogen functional groups attached to an aromatic ring is 1. The molecule has 3 aromatic rings. The van der Waals surface area contributed by atoms with Crippen LogP contribution in [0, 0.1) is 6.92 Å². The zero-order chi connectivity index (χ0) is 11.8. The normalized spacial score (nSPS) is 10.9. The number of rotatable bonds is 1. The van der Waals surface area contributed by atoms with Gasteiger partial charge in [-0.05, 0) is 31.2 Å². The lowest BCUT2D eigenvalue weighted by molar-refractivity contribution is 0.892. The maximum Gasteiger partial charge on any atom is 0.148 e. The van der Waals surface area contributed by atoms with Crippen LogP contribution < -0.4 is 5.73 Å². The summed E-state index contributed by atoms with van der Waals surface area (Å²) in [7, 11) is 0. The van der Waals surface area contributed by atoms with Crippen LogP contribution in [-0.4, -0.2) is 14.8 Å². The van der Waals surface area contributed by atoms with Crippen molar-refractivity contribution in [2.45, 2.75) is 6.92 Å². The molecule has 0 spiro atoms. The number of anilines is 1. The first-order valence-corrected chi connectivity index (χ1v) is 5.41. The standard InChI is InChI=1S/C13H12N4/c1-9-8-17(16-13(9)14)12-6-2-5-11-10(12)4-3-7-15-11/h2-8H,1H3,(H2,14,16). The summed E-state index contributed by atoms with van der Waals surface area (Å²) in [5.41, 5.74) is 8.70. The summed E-state index contributed by atoms with van der Waals surface area (Å²) in [6.07, 6.45) is 3.71. The monoisotopic (exact) mass is 224 g/mol. The Hall–Kier alpha value is -2.36. The molecule has 0 atom stereocenters. The summed E-state index contributed by atoms with van der Waals surface area (Å²) in [6.45, 7) is 1.95. The van der Waals surface area contributed by atoms with Crippen molar-refractivity contribution in [1.29, 1.82) is 0 Å². The van der Waals surface area contributed by atoms with Gasteiger partial charge in [-0.1, -0.05) is 6.07 Å². The molecule has 0 unspecified atom stereocenters. The van der Waals surface area contributed by atoms with E-state index in [1.165, 1.54) is 0 Å². The van der Waals surface area contributed by atoms with Crippen molar-refractivity contribution in [2.24, 2.45) is 0 Å². The van der Waals surface area contributed by atoms with Gasteiger partial charge in [0, 0.05) is 23.3 Å². The molecule has 0 aliphatic rings. The summed E-state index contributed by atoms with van der Waals surface area (Å²) in [5, 5.41) is 5.36. The van der Waals surface area contributed by atoms with Crippen molar-refractivity contribution in [3.63, 3.8) is 0 Å². The second-order valence-corrected chi connectivity index (χ2v) is 3.99. The number of hydrogen-bond donors (Lipinski definition) is 1. The second kappa shape index (κ2) is 3.59. The van der Waals surface area contributed by atoms with E-state index in [1.54, 1.807) is 10.9 Å². The number of pyridine rings is 1. The highest BCUT2D eigenvalue weighted by Gasteiger charge is 2.06. The maximum atomic E-state index is 5.77. The van der Waals surface area contributed by atoms with E-state index < -0.39 is 0 Å². The summed E-state index contributed by atoms with van der Waals surface area (Å²) < 4.78 is 1.80. The minimum atomic E-state index is 0.561. The summed E-state index contributed by atoms with van der Waals surface area (Å²) in [6, 6.07) is 9.92. The number of hydrogen-bond acceptors (Lipinski definition) is 3. The largest absolute Gasteiger partial charge is 0.382 e. The zero-order valence-corrected chi connectivity index (χ0v) is 9.46. The highest BCUT2D eigenvalue weighted by molar-refractivity contribution is 5.86.